The fourth-order valence-electron chi connectivity index (χ4n) is 8.62. The predicted molar refractivity (Wildman–Crippen MR) is 191 cm³/mol. The van der Waals surface area contributed by atoms with Crippen LogP contribution in [0.2, 0.25) is 5.02 Å². The molecular formula is C38H44ClN5O5. The van der Waals surface area contributed by atoms with Gasteiger partial charge in [0.1, 0.15) is 18.0 Å². The number of benzene rings is 3. The van der Waals surface area contributed by atoms with Crippen LogP contribution in [0.4, 0.5) is 5.69 Å². The number of piperidine rings is 1. The lowest BCUT2D eigenvalue weighted by atomic mass is 9.53. The van der Waals surface area contributed by atoms with E-state index in [2.05, 4.69) is 47.4 Å². The molecule has 1 saturated heterocycles. The molecule has 1 N–H and O–H groups in total. The highest BCUT2D eigenvalue weighted by Gasteiger charge is 2.64. The van der Waals surface area contributed by atoms with Crippen molar-refractivity contribution in [1.29, 1.82) is 0 Å². The summed E-state index contributed by atoms with van der Waals surface area (Å²) in [6.07, 6.45) is 6.19. The summed E-state index contributed by atoms with van der Waals surface area (Å²) in [4.78, 5) is 20.3. The van der Waals surface area contributed by atoms with Crippen molar-refractivity contribution >= 4 is 28.3 Å². The van der Waals surface area contributed by atoms with Crippen molar-refractivity contribution in [2.75, 3.05) is 40.3 Å². The number of fused-ring (bicyclic) bond motifs is 1. The maximum Gasteiger partial charge on any atom is 0.271 e. The third-order valence-electron chi connectivity index (χ3n) is 11.2. The Morgan fingerprint density at radius 3 is 2.63 bits per heavy atom. The van der Waals surface area contributed by atoms with Crippen LogP contribution in [-0.4, -0.2) is 88.0 Å². The number of imidazole rings is 1. The van der Waals surface area contributed by atoms with Gasteiger partial charge in [0.25, 0.3) is 5.69 Å². The van der Waals surface area contributed by atoms with Crippen LogP contribution in [0.25, 0.3) is 11.0 Å². The van der Waals surface area contributed by atoms with Gasteiger partial charge in [-0.3, -0.25) is 10.1 Å². The van der Waals surface area contributed by atoms with Crippen molar-refractivity contribution < 1.29 is 19.5 Å². The van der Waals surface area contributed by atoms with E-state index in [1.807, 2.05) is 36.4 Å². The number of likely N-dealkylation sites (N-methyl/N-ethyl adjacent to an activating group) is 2. The van der Waals surface area contributed by atoms with Gasteiger partial charge in [-0.2, -0.15) is 0 Å². The molecule has 1 spiro atoms. The molecule has 1 fully saturated rings. The number of nitrogens with zero attached hydrogens (tertiary/aromatic N) is 5. The lowest BCUT2D eigenvalue weighted by Crippen LogP contribution is -2.64. The average molecular weight is 686 g/mol. The molecule has 3 aromatic carbocycles. The number of likely N-dealkylation sites (tertiary alicyclic amines) is 1. The Morgan fingerprint density at radius 1 is 1.14 bits per heavy atom. The third-order valence-corrected chi connectivity index (χ3v) is 11.4. The number of aromatic nitrogens is 2. The molecule has 2 bridgehead atoms. The van der Waals surface area contributed by atoms with E-state index in [0.717, 1.165) is 74.0 Å². The number of nitro benzene ring substituents is 1. The molecule has 0 unspecified atom stereocenters. The summed E-state index contributed by atoms with van der Waals surface area (Å²) in [5.41, 5.74) is 5.36. The molecular weight excluding hydrogens is 642 g/mol. The number of ether oxygens (including phenoxy) is 2. The number of aliphatic hydroxyl groups is 1. The Bertz CT molecular complexity index is 1890. The second kappa shape index (κ2) is 13.4. The van der Waals surface area contributed by atoms with Crippen LogP contribution in [0.1, 0.15) is 42.8 Å². The molecule has 5 atom stereocenters. The Balaban J connectivity index is 0.000000157. The molecule has 2 aliphatic carbocycles. The number of non-ortho nitro benzene ring substituents is 1. The first-order chi connectivity index (χ1) is 23.7. The van der Waals surface area contributed by atoms with E-state index in [-0.39, 0.29) is 22.1 Å². The summed E-state index contributed by atoms with van der Waals surface area (Å²) >= 11 is 5.98. The van der Waals surface area contributed by atoms with Gasteiger partial charge in [-0.25, -0.2) is 4.98 Å². The maximum atomic E-state index is 11.1. The van der Waals surface area contributed by atoms with Gasteiger partial charge in [-0.1, -0.05) is 55.8 Å². The first-order valence-electron chi connectivity index (χ1n) is 17.2. The van der Waals surface area contributed by atoms with E-state index in [1.165, 1.54) is 11.1 Å². The molecule has 11 heteroatoms. The number of methoxy groups -OCH3 is 1. The molecule has 2 aliphatic heterocycles. The Morgan fingerprint density at radius 2 is 1.92 bits per heavy atom. The fraction of sp³-hybridized carbons (Fsp3) is 0.447. The van der Waals surface area contributed by atoms with Gasteiger partial charge in [0.05, 0.1) is 23.1 Å². The summed E-state index contributed by atoms with van der Waals surface area (Å²) in [5.74, 6) is 2.99. The van der Waals surface area contributed by atoms with E-state index >= 15 is 0 Å². The van der Waals surface area contributed by atoms with Crippen molar-refractivity contribution in [3.05, 3.63) is 104 Å². The molecule has 0 saturated carbocycles. The van der Waals surface area contributed by atoms with Crippen molar-refractivity contribution in [1.82, 2.24) is 19.4 Å². The SMILES string of the molecule is CCN(CC)CCn1c(Cc2ccc(Cl)cc2)nc2cc([N+](=O)[O-])ccc21.COc1ccc2c3c1O[C@H]1[C@@H](O)C=C[C@H]4[C@@H](C2)N(C)CC[C@@]341. The Hall–Kier alpha value is -3.96. The molecule has 3 heterocycles. The van der Waals surface area contributed by atoms with Crippen LogP contribution in [0.5, 0.6) is 11.5 Å². The van der Waals surface area contributed by atoms with Crippen molar-refractivity contribution in [3.63, 3.8) is 0 Å². The van der Waals surface area contributed by atoms with E-state index in [0.29, 0.717) is 28.9 Å². The van der Waals surface area contributed by atoms with Crippen LogP contribution in [0, 0.1) is 16.0 Å². The molecule has 1 aromatic heterocycles. The molecule has 0 amide bonds. The monoisotopic (exact) mass is 685 g/mol. The minimum atomic E-state index is -0.539. The molecule has 0 radical (unpaired) electrons. The van der Waals surface area contributed by atoms with Gasteiger partial charge in [-0.15, -0.1) is 0 Å². The highest BCUT2D eigenvalue weighted by molar-refractivity contribution is 6.30. The minimum Gasteiger partial charge on any atom is -0.493 e. The largest absolute Gasteiger partial charge is 0.493 e. The molecule has 8 rings (SSSR count). The topological polar surface area (TPSA) is 106 Å². The second-order valence-electron chi connectivity index (χ2n) is 13.6. The standard InChI is InChI=1S/C20H23ClN4O2.C18H21NO3/c1-3-23(4-2)11-12-24-19-10-9-17(25(26)27)14-18(19)22-20(24)13-15-5-7-16(21)8-6-15;1-19-8-7-18-11-4-5-13(20)17(18)22-16-14(21-2)6-3-10(15(16)18)9-12(11)19/h5-10,14H,3-4,11-13H2,1-2H3;3-6,11-13,17,20H,7-9H2,1-2H3/t;11-,12+,13-,17-,18-/m.0/s1. The van der Waals surface area contributed by atoms with Gasteiger partial charge >= 0.3 is 0 Å². The second-order valence-corrected chi connectivity index (χ2v) is 14.0. The third kappa shape index (κ3) is 5.78. The number of nitro groups is 1. The molecule has 4 aromatic rings. The van der Waals surface area contributed by atoms with Gasteiger partial charge < -0.3 is 28.9 Å². The van der Waals surface area contributed by atoms with Crippen molar-refractivity contribution in [3.8, 4) is 11.5 Å². The van der Waals surface area contributed by atoms with Gasteiger partial charge in [-0.05, 0) is 74.9 Å². The van der Waals surface area contributed by atoms with E-state index in [4.69, 9.17) is 26.1 Å². The first-order valence-corrected chi connectivity index (χ1v) is 17.6. The maximum absolute atomic E-state index is 11.1. The number of hydrogen-bond acceptors (Lipinski definition) is 8. The lowest BCUT2D eigenvalue weighted by molar-refractivity contribution is -0.384. The smallest absolute Gasteiger partial charge is 0.271 e. The first kappa shape index (κ1) is 33.5. The van der Waals surface area contributed by atoms with Crippen LogP contribution in [0.3, 0.4) is 0 Å². The lowest BCUT2D eigenvalue weighted by Gasteiger charge is -2.56. The van der Waals surface area contributed by atoms with Crippen molar-refractivity contribution in [2.45, 2.75) is 63.3 Å². The predicted octanol–water partition coefficient (Wildman–Crippen LogP) is 6.03. The van der Waals surface area contributed by atoms with Gasteiger partial charge in [0.15, 0.2) is 11.5 Å². The normalized spacial score (nSPS) is 24.7. The van der Waals surface area contributed by atoms with E-state index in [1.54, 1.807) is 25.3 Å². The quantitative estimate of drug-likeness (QED) is 0.129. The van der Waals surface area contributed by atoms with E-state index < -0.39 is 6.10 Å². The van der Waals surface area contributed by atoms with Gasteiger partial charge in [0.2, 0.25) is 0 Å². The van der Waals surface area contributed by atoms with Crippen LogP contribution < -0.4 is 9.47 Å². The summed E-state index contributed by atoms with van der Waals surface area (Å²) < 4.78 is 14.0. The fourth-order valence-corrected chi connectivity index (χ4v) is 8.75. The minimum absolute atomic E-state index is 0.0638. The average Bonchev–Trinajstić information content (AvgIpc) is 3.64. The zero-order valence-electron chi connectivity index (χ0n) is 28.5. The number of halogens is 1. The van der Waals surface area contributed by atoms with Crippen molar-refractivity contribution in [2.24, 2.45) is 5.92 Å². The molecule has 4 aliphatic rings. The van der Waals surface area contributed by atoms with E-state index in [9.17, 15) is 15.2 Å². The van der Waals surface area contributed by atoms with Crippen LogP contribution >= 0.6 is 11.6 Å². The summed E-state index contributed by atoms with van der Waals surface area (Å²) in [5, 5.41) is 22.4. The molecule has 258 valence electrons. The zero-order valence-corrected chi connectivity index (χ0v) is 29.3. The zero-order chi connectivity index (χ0) is 34.4. The number of hydrogen-bond donors (Lipinski definition) is 1. The molecule has 10 nitrogen and oxygen atoms in total. The number of aliphatic hydroxyl groups excluding tert-OH is 1. The highest BCUT2D eigenvalue weighted by atomic mass is 35.5. The Kier molecular flexibility index (Phi) is 9.17. The summed E-state index contributed by atoms with van der Waals surface area (Å²) in [7, 11) is 3.91. The number of rotatable bonds is 9. The summed E-state index contributed by atoms with van der Waals surface area (Å²) in [6, 6.07) is 17.3. The van der Waals surface area contributed by atoms with Gasteiger partial charge in [0, 0.05) is 59.6 Å². The summed E-state index contributed by atoms with van der Waals surface area (Å²) in [6.45, 7) is 9.02. The highest BCUT2D eigenvalue weighted by Crippen LogP contribution is 2.62. The Labute approximate surface area is 292 Å². The van der Waals surface area contributed by atoms with Crippen LogP contribution in [0.15, 0.2) is 66.7 Å². The van der Waals surface area contributed by atoms with Crippen LogP contribution in [-0.2, 0) is 24.8 Å². The molecule has 49 heavy (non-hydrogen) atoms.